The molecule has 1 aliphatic heterocycles. The fourth-order valence-electron chi connectivity index (χ4n) is 2.00. The van der Waals surface area contributed by atoms with E-state index in [4.69, 9.17) is 5.26 Å². The predicted molar refractivity (Wildman–Crippen MR) is 74.5 cm³/mol. The molecule has 122 valence electrons. The smallest absolute Gasteiger partial charge is 0.329 e. The number of amides is 3. The number of hydrogen-bond donors (Lipinski definition) is 1. The van der Waals surface area contributed by atoms with Crippen LogP contribution in [0, 0.1) is 18.3 Å². The molecule has 2 rings (SSSR count). The first kappa shape index (κ1) is 17.1. The van der Waals surface area contributed by atoms with E-state index in [1.54, 1.807) is 0 Å². The Morgan fingerprint density at radius 3 is 2.70 bits per heavy atom. The first-order chi connectivity index (χ1) is 10.7. The maximum absolute atomic E-state index is 13.0. The Bertz CT molecular complexity index is 684. The lowest BCUT2D eigenvalue weighted by Gasteiger charge is -2.14. The molecule has 0 aliphatic carbocycles. The van der Waals surface area contributed by atoms with Gasteiger partial charge in [0.2, 0.25) is 5.91 Å². The minimum atomic E-state index is -4.65. The van der Waals surface area contributed by atoms with E-state index in [1.165, 1.54) is 13.0 Å². The van der Waals surface area contributed by atoms with E-state index in [0.717, 1.165) is 22.7 Å². The van der Waals surface area contributed by atoms with Crippen molar-refractivity contribution in [2.45, 2.75) is 18.1 Å². The monoisotopic (exact) mass is 344 g/mol. The standard InChI is InChI=1S/C13H11F3N4O2S/c1-7-4-9(13(14,15)16)8(5-17)11(19-7)23-3-2-20-10(21)6-18-12(20)22/h4H,2-3,6H2,1H3,(H,18,22). The fraction of sp³-hybridized carbons (Fsp3) is 0.385. The highest BCUT2D eigenvalue weighted by Gasteiger charge is 2.35. The van der Waals surface area contributed by atoms with E-state index in [9.17, 15) is 22.8 Å². The van der Waals surface area contributed by atoms with Crippen LogP contribution in [0.1, 0.15) is 16.8 Å². The van der Waals surface area contributed by atoms with Gasteiger partial charge in [-0.05, 0) is 13.0 Å². The Morgan fingerprint density at radius 1 is 1.48 bits per heavy atom. The lowest BCUT2D eigenvalue weighted by molar-refractivity contribution is -0.138. The van der Waals surface area contributed by atoms with Gasteiger partial charge >= 0.3 is 12.2 Å². The number of imide groups is 1. The second kappa shape index (κ2) is 6.45. The van der Waals surface area contributed by atoms with Gasteiger partial charge < -0.3 is 5.32 Å². The van der Waals surface area contributed by atoms with Crippen molar-refractivity contribution in [3.05, 3.63) is 22.9 Å². The number of nitrogens with one attached hydrogen (secondary N) is 1. The molecule has 3 amide bonds. The number of nitriles is 1. The molecule has 1 aromatic rings. The number of aromatic nitrogens is 1. The number of rotatable bonds is 4. The maximum atomic E-state index is 13.0. The van der Waals surface area contributed by atoms with Gasteiger partial charge in [-0.2, -0.15) is 18.4 Å². The zero-order valence-electron chi connectivity index (χ0n) is 11.9. The first-order valence-electron chi connectivity index (χ1n) is 6.44. The molecule has 0 saturated carbocycles. The topological polar surface area (TPSA) is 86.1 Å². The summed E-state index contributed by atoms with van der Waals surface area (Å²) < 4.78 is 38.9. The largest absolute Gasteiger partial charge is 0.417 e. The summed E-state index contributed by atoms with van der Waals surface area (Å²) in [6, 6.07) is 1.81. The van der Waals surface area contributed by atoms with Crippen molar-refractivity contribution in [1.82, 2.24) is 15.2 Å². The number of carbonyl (C=O) groups is 2. The molecule has 1 saturated heterocycles. The highest BCUT2D eigenvalue weighted by molar-refractivity contribution is 7.99. The van der Waals surface area contributed by atoms with Crippen molar-refractivity contribution in [3.63, 3.8) is 0 Å². The predicted octanol–water partition coefficient (Wildman–Crippen LogP) is 1.92. The summed E-state index contributed by atoms with van der Waals surface area (Å²) in [7, 11) is 0. The average molecular weight is 344 g/mol. The highest BCUT2D eigenvalue weighted by atomic mass is 32.2. The second-order valence-electron chi connectivity index (χ2n) is 4.65. The van der Waals surface area contributed by atoms with Crippen LogP contribution in [0.5, 0.6) is 0 Å². The van der Waals surface area contributed by atoms with Gasteiger partial charge in [-0.15, -0.1) is 11.8 Å². The Kier molecular flexibility index (Phi) is 4.79. The molecule has 23 heavy (non-hydrogen) atoms. The minimum Gasteiger partial charge on any atom is -0.329 e. The molecule has 0 aromatic carbocycles. The first-order valence-corrected chi connectivity index (χ1v) is 7.42. The highest BCUT2D eigenvalue weighted by Crippen LogP contribution is 2.35. The van der Waals surface area contributed by atoms with E-state index in [0.29, 0.717) is 0 Å². The zero-order valence-corrected chi connectivity index (χ0v) is 12.7. The second-order valence-corrected chi connectivity index (χ2v) is 5.74. The SMILES string of the molecule is Cc1cc(C(F)(F)F)c(C#N)c(SCCN2C(=O)CNC2=O)n1. The van der Waals surface area contributed by atoms with Gasteiger partial charge in [0.05, 0.1) is 17.7 Å². The third-order valence-electron chi connectivity index (χ3n) is 3.02. The number of hydrogen-bond acceptors (Lipinski definition) is 5. The van der Waals surface area contributed by atoms with Gasteiger partial charge in [-0.3, -0.25) is 9.69 Å². The van der Waals surface area contributed by atoms with E-state index in [1.807, 2.05) is 0 Å². The Morgan fingerprint density at radius 2 is 2.17 bits per heavy atom. The van der Waals surface area contributed by atoms with Gasteiger partial charge in [-0.1, -0.05) is 0 Å². The molecule has 0 unspecified atom stereocenters. The number of halogens is 3. The maximum Gasteiger partial charge on any atom is 0.417 e. The zero-order chi connectivity index (χ0) is 17.2. The molecule has 1 aliphatic rings. The number of nitrogens with zero attached hydrogens (tertiary/aromatic N) is 3. The normalized spacial score (nSPS) is 14.8. The van der Waals surface area contributed by atoms with E-state index in [-0.39, 0.29) is 29.6 Å². The van der Waals surface area contributed by atoms with Crippen molar-refractivity contribution < 1.29 is 22.8 Å². The number of thioether (sulfide) groups is 1. The van der Waals surface area contributed by atoms with E-state index < -0.39 is 29.2 Å². The van der Waals surface area contributed by atoms with E-state index in [2.05, 4.69) is 10.3 Å². The van der Waals surface area contributed by atoms with Crippen LogP contribution in [0.25, 0.3) is 0 Å². The number of urea groups is 1. The van der Waals surface area contributed by atoms with Crippen LogP contribution in [0.4, 0.5) is 18.0 Å². The number of carbonyl (C=O) groups excluding carboxylic acids is 2. The lowest BCUT2D eigenvalue weighted by atomic mass is 10.1. The van der Waals surface area contributed by atoms with Crippen LogP contribution in [-0.2, 0) is 11.0 Å². The molecule has 1 N–H and O–H groups in total. The molecule has 0 bridgehead atoms. The van der Waals surface area contributed by atoms with Gasteiger partial charge in [0, 0.05) is 18.0 Å². The summed E-state index contributed by atoms with van der Waals surface area (Å²) >= 11 is 0.899. The van der Waals surface area contributed by atoms with Crippen LogP contribution >= 0.6 is 11.8 Å². The summed E-state index contributed by atoms with van der Waals surface area (Å²) in [6.07, 6.45) is -4.65. The molecular weight excluding hydrogens is 333 g/mol. The Labute approximate surface area is 133 Å². The Balaban J connectivity index is 2.17. The molecule has 2 heterocycles. The third kappa shape index (κ3) is 3.73. The molecule has 1 fully saturated rings. The van der Waals surface area contributed by atoms with Crippen LogP contribution < -0.4 is 5.32 Å². The summed E-state index contributed by atoms with van der Waals surface area (Å²) in [4.78, 5) is 27.7. The molecule has 0 radical (unpaired) electrons. The van der Waals surface area contributed by atoms with Gasteiger partial charge in [0.25, 0.3) is 0 Å². The van der Waals surface area contributed by atoms with Crippen LogP contribution in [0.3, 0.4) is 0 Å². The fourth-order valence-corrected chi connectivity index (χ4v) is 2.97. The summed E-state index contributed by atoms with van der Waals surface area (Å²) in [6.45, 7) is 1.34. The van der Waals surface area contributed by atoms with Gasteiger partial charge in [-0.25, -0.2) is 9.78 Å². The number of pyridine rings is 1. The molecule has 0 atom stereocenters. The van der Waals surface area contributed by atoms with Crippen molar-refractivity contribution >= 4 is 23.7 Å². The summed E-state index contributed by atoms with van der Waals surface area (Å²) in [5.41, 5.74) is -1.45. The quantitative estimate of drug-likeness (QED) is 0.666. The molecular formula is C13H11F3N4O2S. The molecule has 0 spiro atoms. The summed E-state index contributed by atoms with van der Waals surface area (Å²) in [5.74, 6) is -0.258. The number of aryl methyl sites for hydroxylation is 1. The third-order valence-corrected chi connectivity index (χ3v) is 3.98. The lowest BCUT2D eigenvalue weighted by Crippen LogP contribution is -2.32. The average Bonchev–Trinajstić information content (AvgIpc) is 2.77. The molecule has 10 heteroatoms. The van der Waals surface area contributed by atoms with Crippen molar-refractivity contribution in [1.29, 1.82) is 5.26 Å². The van der Waals surface area contributed by atoms with Crippen molar-refractivity contribution in [3.8, 4) is 6.07 Å². The Hall–Kier alpha value is -2.28. The summed E-state index contributed by atoms with van der Waals surface area (Å²) in [5, 5.41) is 11.3. The van der Waals surface area contributed by atoms with Gasteiger partial charge in [0.1, 0.15) is 11.1 Å². The van der Waals surface area contributed by atoms with Crippen LogP contribution in [0.2, 0.25) is 0 Å². The molecule has 1 aromatic heterocycles. The van der Waals surface area contributed by atoms with Crippen LogP contribution in [-0.4, -0.2) is 40.7 Å². The van der Waals surface area contributed by atoms with E-state index >= 15 is 0 Å². The van der Waals surface area contributed by atoms with Gasteiger partial charge in [0.15, 0.2) is 0 Å². The number of alkyl halides is 3. The van der Waals surface area contributed by atoms with Crippen LogP contribution in [0.15, 0.2) is 11.1 Å². The molecule has 6 nitrogen and oxygen atoms in total. The minimum absolute atomic E-state index is 0.0250. The van der Waals surface area contributed by atoms with Crippen molar-refractivity contribution in [2.24, 2.45) is 0 Å². The van der Waals surface area contributed by atoms with Crippen molar-refractivity contribution in [2.75, 3.05) is 18.8 Å².